The molecule has 0 spiro atoms. The molecule has 4 heterocycles. The standard InChI is InChI=1S/C27H28Cl2N10/c1-12-9-13(2)33-26(32-12)38-24(30)21(16(5)36-38)23(19-8-7-18(28)11-20(19)29)22-17(6)37-39(25(22)31)27-34-14(3)10-15(4)35-27/h7-11,23H,30-31H2,1-6H3. The highest BCUT2D eigenvalue weighted by Gasteiger charge is 2.33. The fourth-order valence-electron chi connectivity index (χ4n) is 4.93. The van der Waals surface area contributed by atoms with E-state index in [1.54, 1.807) is 21.5 Å². The molecule has 5 rings (SSSR count). The molecule has 5 aromatic rings. The van der Waals surface area contributed by atoms with E-state index in [1.807, 2.05) is 59.7 Å². The van der Waals surface area contributed by atoms with E-state index in [0.717, 1.165) is 28.3 Å². The van der Waals surface area contributed by atoms with Crippen molar-refractivity contribution < 1.29 is 0 Å². The predicted molar refractivity (Wildman–Crippen MR) is 153 cm³/mol. The van der Waals surface area contributed by atoms with Gasteiger partial charge in [0, 0.05) is 49.9 Å². The van der Waals surface area contributed by atoms with Gasteiger partial charge in [-0.2, -0.15) is 19.6 Å². The van der Waals surface area contributed by atoms with E-state index in [9.17, 15) is 0 Å². The first-order valence-electron chi connectivity index (χ1n) is 12.2. The van der Waals surface area contributed by atoms with Crippen LogP contribution in [0.1, 0.15) is 56.8 Å². The van der Waals surface area contributed by atoms with Gasteiger partial charge in [-0.15, -0.1) is 0 Å². The number of aryl methyl sites for hydroxylation is 6. The van der Waals surface area contributed by atoms with Gasteiger partial charge in [0.05, 0.1) is 11.4 Å². The van der Waals surface area contributed by atoms with Crippen molar-refractivity contribution in [2.24, 2.45) is 0 Å². The lowest BCUT2D eigenvalue weighted by Gasteiger charge is -2.21. The molecular weight excluding hydrogens is 535 g/mol. The third-order valence-corrected chi connectivity index (χ3v) is 7.02. The van der Waals surface area contributed by atoms with Crippen LogP contribution in [-0.4, -0.2) is 39.5 Å². The lowest BCUT2D eigenvalue weighted by atomic mass is 9.84. The Labute approximate surface area is 236 Å². The molecule has 4 N–H and O–H groups in total. The minimum Gasteiger partial charge on any atom is -0.383 e. The first kappa shape index (κ1) is 26.6. The van der Waals surface area contributed by atoms with Gasteiger partial charge in [-0.05, 0) is 71.4 Å². The maximum atomic E-state index is 6.81. The van der Waals surface area contributed by atoms with E-state index in [0.29, 0.717) is 56.1 Å². The second-order valence-corrected chi connectivity index (χ2v) is 10.4. The minimum absolute atomic E-state index is 0.364. The Hall–Kier alpha value is -4.02. The zero-order valence-corrected chi connectivity index (χ0v) is 24.0. The van der Waals surface area contributed by atoms with Crippen LogP contribution in [-0.2, 0) is 0 Å². The fraction of sp³-hybridized carbons (Fsp3) is 0.259. The van der Waals surface area contributed by atoms with Gasteiger partial charge >= 0.3 is 0 Å². The van der Waals surface area contributed by atoms with Crippen molar-refractivity contribution >= 4 is 34.8 Å². The first-order chi connectivity index (χ1) is 18.4. The second kappa shape index (κ2) is 9.94. The van der Waals surface area contributed by atoms with Crippen molar-refractivity contribution in [1.29, 1.82) is 0 Å². The number of nitrogen functional groups attached to an aromatic ring is 2. The smallest absolute Gasteiger partial charge is 0.252 e. The molecule has 0 bridgehead atoms. The fourth-order valence-corrected chi connectivity index (χ4v) is 5.45. The SMILES string of the molecule is Cc1cc(C)nc(-n2nc(C)c(C(c3ccc(Cl)cc3Cl)c3c(C)nn(-c4nc(C)cc(C)n4)c3N)c2N)n1. The van der Waals surface area contributed by atoms with E-state index in [1.165, 1.54) is 0 Å². The van der Waals surface area contributed by atoms with Gasteiger partial charge in [0.1, 0.15) is 11.6 Å². The van der Waals surface area contributed by atoms with Crippen LogP contribution >= 0.6 is 23.2 Å². The van der Waals surface area contributed by atoms with Crippen LogP contribution in [0.5, 0.6) is 0 Å². The summed E-state index contributed by atoms with van der Waals surface area (Å²) >= 11 is 13.1. The zero-order chi connectivity index (χ0) is 28.2. The number of nitrogens with zero attached hydrogens (tertiary/aromatic N) is 8. The summed E-state index contributed by atoms with van der Waals surface area (Å²) in [4.78, 5) is 18.2. The van der Waals surface area contributed by atoms with Crippen LogP contribution in [0.3, 0.4) is 0 Å². The van der Waals surface area contributed by atoms with Crippen molar-refractivity contribution in [1.82, 2.24) is 39.5 Å². The van der Waals surface area contributed by atoms with Gasteiger partial charge in [0.25, 0.3) is 11.9 Å². The average Bonchev–Trinajstić information content (AvgIpc) is 3.29. The monoisotopic (exact) mass is 562 g/mol. The summed E-state index contributed by atoms with van der Waals surface area (Å²) in [5.74, 6) is 0.952. The van der Waals surface area contributed by atoms with Crippen molar-refractivity contribution in [3.8, 4) is 11.9 Å². The van der Waals surface area contributed by atoms with Crippen LogP contribution in [0.4, 0.5) is 11.6 Å². The average molecular weight is 563 g/mol. The van der Waals surface area contributed by atoms with E-state index in [4.69, 9.17) is 44.9 Å². The van der Waals surface area contributed by atoms with Crippen molar-refractivity contribution in [2.45, 2.75) is 47.5 Å². The Morgan fingerprint density at radius 3 is 1.44 bits per heavy atom. The molecule has 12 heteroatoms. The lowest BCUT2D eigenvalue weighted by molar-refractivity contribution is 0.792. The molecule has 0 atom stereocenters. The lowest BCUT2D eigenvalue weighted by Crippen LogP contribution is -2.13. The molecule has 0 saturated heterocycles. The van der Waals surface area contributed by atoms with Gasteiger partial charge in [-0.1, -0.05) is 29.3 Å². The van der Waals surface area contributed by atoms with Gasteiger partial charge in [0.15, 0.2) is 0 Å². The maximum Gasteiger partial charge on any atom is 0.252 e. The Bertz CT molecular complexity index is 1600. The molecule has 200 valence electrons. The molecular formula is C27H28Cl2N10. The van der Waals surface area contributed by atoms with Crippen molar-refractivity contribution in [3.63, 3.8) is 0 Å². The van der Waals surface area contributed by atoms with Crippen LogP contribution in [0.15, 0.2) is 30.3 Å². The van der Waals surface area contributed by atoms with E-state index in [2.05, 4.69) is 19.9 Å². The van der Waals surface area contributed by atoms with Crippen LogP contribution in [0.2, 0.25) is 10.0 Å². The zero-order valence-electron chi connectivity index (χ0n) is 22.5. The third-order valence-electron chi connectivity index (χ3n) is 6.46. The molecule has 39 heavy (non-hydrogen) atoms. The van der Waals surface area contributed by atoms with Gasteiger partial charge in [-0.3, -0.25) is 0 Å². The minimum atomic E-state index is -0.533. The largest absolute Gasteiger partial charge is 0.383 e. The number of benzene rings is 1. The summed E-state index contributed by atoms with van der Waals surface area (Å²) in [6.45, 7) is 11.4. The summed E-state index contributed by atoms with van der Waals surface area (Å²) in [6.07, 6.45) is 0. The molecule has 0 amide bonds. The number of hydrogen-bond donors (Lipinski definition) is 2. The molecule has 4 aromatic heterocycles. The quantitative estimate of drug-likeness (QED) is 0.300. The van der Waals surface area contributed by atoms with Crippen molar-refractivity contribution in [3.05, 3.63) is 91.2 Å². The number of aromatic nitrogens is 8. The Kier molecular flexibility index (Phi) is 6.77. The highest BCUT2D eigenvalue weighted by Crippen LogP contribution is 2.44. The Morgan fingerprint density at radius 2 is 1.05 bits per heavy atom. The van der Waals surface area contributed by atoms with Crippen molar-refractivity contribution in [2.75, 3.05) is 11.5 Å². The summed E-state index contributed by atoms with van der Waals surface area (Å²) < 4.78 is 3.09. The Balaban J connectivity index is 1.79. The second-order valence-electron chi connectivity index (χ2n) is 9.59. The van der Waals surface area contributed by atoms with Crippen LogP contribution in [0.25, 0.3) is 11.9 Å². The van der Waals surface area contributed by atoms with Gasteiger partial charge in [-0.25, -0.2) is 19.9 Å². The third kappa shape index (κ3) is 4.81. The molecule has 0 aliphatic heterocycles. The normalized spacial score (nSPS) is 11.5. The van der Waals surface area contributed by atoms with E-state index >= 15 is 0 Å². The molecule has 0 radical (unpaired) electrons. The number of nitrogens with two attached hydrogens (primary N) is 2. The molecule has 0 fully saturated rings. The number of anilines is 2. The predicted octanol–water partition coefficient (Wildman–Crippen LogP) is 5.14. The molecule has 0 unspecified atom stereocenters. The maximum absolute atomic E-state index is 6.81. The highest BCUT2D eigenvalue weighted by atomic mass is 35.5. The first-order valence-corrected chi connectivity index (χ1v) is 13.0. The Morgan fingerprint density at radius 1 is 0.641 bits per heavy atom. The number of rotatable bonds is 5. The summed E-state index contributed by atoms with van der Waals surface area (Å²) in [5, 5.41) is 10.4. The van der Waals surface area contributed by atoms with E-state index < -0.39 is 5.92 Å². The molecule has 0 aliphatic rings. The number of halogens is 2. The molecule has 0 aliphatic carbocycles. The topological polar surface area (TPSA) is 139 Å². The molecule has 1 aromatic carbocycles. The molecule has 10 nitrogen and oxygen atoms in total. The summed E-state index contributed by atoms with van der Waals surface area (Å²) in [6, 6.07) is 9.11. The van der Waals surface area contributed by atoms with Crippen LogP contribution < -0.4 is 11.5 Å². The summed E-state index contributed by atoms with van der Waals surface area (Å²) in [7, 11) is 0. The van der Waals surface area contributed by atoms with Crippen LogP contribution in [0, 0.1) is 41.5 Å². The molecule has 0 saturated carbocycles. The summed E-state index contributed by atoms with van der Waals surface area (Å²) in [5.41, 5.74) is 20.3. The van der Waals surface area contributed by atoms with Gasteiger partial charge < -0.3 is 11.5 Å². The van der Waals surface area contributed by atoms with Gasteiger partial charge in [0.2, 0.25) is 0 Å². The number of hydrogen-bond acceptors (Lipinski definition) is 8. The van der Waals surface area contributed by atoms with E-state index in [-0.39, 0.29) is 0 Å². The highest BCUT2D eigenvalue weighted by molar-refractivity contribution is 6.35.